The summed E-state index contributed by atoms with van der Waals surface area (Å²) in [5, 5.41) is 0.785. The van der Waals surface area contributed by atoms with E-state index in [1.54, 1.807) is 31.5 Å². The van der Waals surface area contributed by atoms with Gasteiger partial charge in [-0.1, -0.05) is 36.4 Å². The minimum absolute atomic E-state index is 0.195. The van der Waals surface area contributed by atoms with Crippen LogP contribution in [0.1, 0.15) is 5.56 Å². The minimum atomic E-state index is -3.82. The van der Waals surface area contributed by atoms with E-state index in [0.717, 1.165) is 10.9 Å². The molecule has 1 atom stereocenters. The largest absolute Gasteiger partial charge is 0.491 e. The lowest BCUT2D eigenvalue weighted by Crippen LogP contribution is -2.44. The highest BCUT2D eigenvalue weighted by Gasteiger charge is 2.36. The van der Waals surface area contributed by atoms with Crippen LogP contribution in [0.4, 0.5) is 0 Å². The Bertz CT molecular complexity index is 1060. The van der Waals surface area contributed by atoms with Gasteiger partial charge in [0.25, 0.3) is 0 Å². The Morgan fingerprint density at radius 3 is 2.81 bits per heavy atom. The van der Waals surface area contributed by atoms with Crippen LogP contribution >= 0.6 is 0 Å². The van der Waals surface area contributed by atoms with Crippen LogP contribution in [0, 0.1) is 0 Å². The van der Waals surface area contributed by atoms with Crippen molar-refractivity contribution in [3.05, 3.63) is 66.4 Å². The van der Waals surface area contributed by atoms with E-state index < -0.39 is 16.1 Å². The third kappa shape index (κ3) is 3.29. The van der Waals surface area contributed by atoms with Crippen LogP contribution < -0.4 is 4.74 Å². The molecule has 2 aromatic carbocycles. The fraction of sp³-hybridized carbons (Fsp3) is 0.250. The summed E-state index contributed by atoms with van der Waals surface area (Å²) >= 11 is 0. The van der Waals surface area contributed by atoms with Crippen LogP contribution in [-0.2, 0) is 21.3 Å². The van der Waals surface area contributed by atoms with Gasteiger partial charge in [0, 0.05) is 30.8 Å². The number of ether oxygens (including phenoxy) is 2. The molecule has 0 unspecified atom stereocenters. The average Bonchev–Trinajstić information content (AvgIpc) is 2.88. The Morgan fingerprint density at radius 2 is 1.96 bits per heavy atom. The van der Waals surface area contributed by atoms with Crippen molar-refractivity contribution in [2.24, 2.45) is 0 Å². The quantitative estimate of drug-likeness (QED) is 0.692. The first-order chi connectivity index (χ1) is 13.1. The van der Waals surface area contributed by atoms with Gasteiger partial charge in [0.05, 0.1) is 18.2 Å². The summed E-state index contributed by atoms with van der Waals surface area (Å²) < 4.78 is 39.9. The van der Waals surface area contributed by atoms with Crippen LogP contribution in [0.25, 0.3) is 10.9 Å². The molecule has 27 heavy (non-hydrogen) atoms. The molecule has 0 radical (unpaired) electrons. The fourth-order valence-corrected chi connectivity index (χ4v) is 5.10. The van der Waals surface area contributed by atoms with Gasteiger partial charge in [-0.25, -0.2) is 8.42 Å². The number of benzene rings is 2. The molecule has 6 nitrogen and oxygen atoms in total. The topological polar surface area (TPSA) is 68.7 Å². The van der Waals surface area contributed by atoms with E-state index in [9.17, 15) is 8.42 Å². The molecular weight excluding hydrogens is 364 g/mol. The zero-order valence-corrected chi connectivity index (χ0v) is 15.7. The molecule has 0 bridgehead atoms. The molecule has 1 aliphatic rings. The number of rotatable bonds is 4. The molecule has 7 heteroatoms. The van der Waals surface area contributed by atoms with Crippen molar-refractivity contribution < 1.29 is 17.9 Å². The number of nitrogens with zero attached hydrogens (tertiary/aromatic N) is 2. The van der Waals surface area contributed by atoms with Crippen LogP contribution in [0.15, 0.2) is 65.7 Å². The van der Waals surface area contributed by atoms with Crippen LogP contribution in [0.5, 0.6) is 5.75 Å². The third-order valence-corrected chi connectivity index (χ3v) is 6.61. The molecule has 1 aliphatic heterocycles. The summed E-state index contributed by atoms with van der Waals surface area (Å²) in [6, 6.07) is 15.9. The van der Waals surface area contributed by atoms with E-state index >= 15 is 0 Å². The molecule has 0 N–H and O–H groups in total. The molecular formula is C20H20N2O4S. The molecule has 0 fully saturated rings. The van der Waals surface area contributed by atoms with Crippen molar-refractivity contribution in [2.75, 3.05) is 20.3 Å². The second kappa shape index (κ2) is 7.26. The lowest BCUT2D eigenvalue weighted by Gasteiger charge is -2.28. The van der Waals surface area contributed by atoms with Crippen molar-refractivity contribution >= 4 is 20.9 Å². The molecule has 1 aromatic heterocycles. The van der Waals surface area contributed by atoms with Crippen LogP contribution in [-0.4, -0.2) is 44.1 Å². The second-order valence-corrected chi connectivity index (χ2v) is 8.27. The molecule has 140 valence electrons. The van der Waals surface area contributed by atoms with E-state index in [-0.39, 0.29) is 24.7 Å². The zero-order chi connectivity index (χ0) is 18.9. The predicted molar refractivity (Wildman–Crippen MR) is 102 cm³/mol. The molecule has 2 heterocycles. The number of hydrogen-bond acceptors (Lipinski definition) is 5. The maximum atomic E-state index is 13.6. The first-order valence-electron chi connectivity index (χ1n) is 8.66. The van der Waals surface area contributed by atoms with Crippen LogP contribution in [0.2, 0.25) is 0 Å². The number of para-hydroxylation sites is 2. The van der Waals surface area contributed by atoms with Gasteiger partial charge in [0.1, 0.15) is 17.3 Å². The number of methoxy groups -OCH3 is 1. The van der Waals surface area contributed by atoms with E-state index in [1.165, 1.54) is 4.31 Å². The summed E-state index contributed by atoms with van der Waals surface area (Å²) in [4.78, 5) is 4.51. The number of fused-ring (bicyclic) bond motifs is 2. The zero-order valence-electron chi connectivity index (χ0n) is 14.9. The summed E-state index contributed by atoms with van der Waals surface area (Å²) in [5.41, 5.74) is 1.29. The van der Waals surface area contributed by atoms with Crippen LogP contribution in [0.3, 0.4) is 0 Å². The van der Waals surface area contributed by atoms with Gasteiger partial charge in [-0.05, 0) is 18.2 Å². The number of hydrogen-bond donors (Lipinski definition) is 0. The Kier molecular flexibility index (Phi) is 4.82. The number of sulfonamides is 1. The van der Waals surface area contributed by atoms with Crippen molar-refractivity contribution in [3.63, 3.8) is 0 Å². The van der Waals surface area contributed by atoms with Gasteiger partial charge in [0.2, 0.25) is 10.0 Å². The normalized spacial score (nSPS) is 17.9. The van der Waals surface area contributed by atoms with Gasteiger partial charge in [0.15, 0.2) is 0 Å². The fourth-order valence-electron chi connectivity index (χ4n) is 3.36. The Hall–Kier alpha value is -2.48. The Balaban J connectivity index is 1.84. The monoisotopic (exact) mass is 384 g/mol. The SMILES string of the molecule is COC[C@@H]1COc2ccccc2CN1S(=O)(=O)c1cccc2cccnc12. The van der Waals surface area contributed by atoms with Gasteiger partial charge >= 0.3 is 0 Å². The van der Waals surface area contributed by atoms with Crippen molar-refractivity contribution in [3.8, 4) is 5.75 Å². The molecule has 0 saturated heterocycles. The highest BCUT2D eigenvalue weighted by Crippen LogP contribution is 2.31. The molecule has 0 spiro atoms. The molecule has 3 aromatic rings. The van der Waals surface area contributed by atoms with E-state index in [4.69, 9.17) is 9.47 Å². The van der Waals surface area contributed by atoms with Gasteiger partial charge < -0.3 is 9.47 Å². The van der Waals surface area contributed by atoms with E-state index in [0.29, 0.717) is 11.3 Å². The van der Waals surface area contributed by atoms with Crippen molar-refractivity contribution in [2.45, 2.75) is 17.5 Å². The molecule has 0 amide bonds. The molecule has 4 rings (SSSR count). The first kappa shape index (κ1) is 17.9. The third-order valence-electron chi connectivity index (χ3n) is 4.68. The summed E-state index contributed by atoms with van der Waals surface area (Å²) in [7, 11) is -2.26. The van der Waals surface area contributed by atoms with Gasteiger partial charge in [-0.2, -0.15) is 4.31 Å². The Labute approximate surface area is 158 Å². The standard InChI is InChI=1S/C20H20N2O4S/c1-25-13-17-14-26-18-9-3-2-6-16(18)12-22(17)27(23,24)19-10-4-7-15-8-5-11-21-20(15)19/h2-11,17H,12-14H2,1H3/t17-/m1/s1. The van der Waals surface area contributed by atoms with Gasteiger partial charge in [-0.3, -0.25) is 4.98 Å². The smallest absolute Gasteiger partial charge is 0.246 e. The predicted octanol–water partition coefficient (Wildman–Crippen LogP) is 2.83. The number of pyridine rings is 1. The lowest BCUT2D eigenvalue weighted by atomic mass is 10.2. The summed E-state index contributed by atoms with van der Waals surface area (Å²) in [5.74, 6) is 0.701. The van der Waals surface area contributed by atoms with Crippen molar-refractivity contribution in [1.82, 2.24) is 9.29 Å². The maximum Gasteiger partial charge on any atom is 0.246 e. The lowest BCUT2D eigenvalue weighted by molar-refractivity contribution is 0.105. The van der Waals surface area contributed by atoms with E-state index in [2.05, 4.69) is 4.98 Å². The van der Waals surface area contributed by atoms with Gasteiger partial charge in [-0.15, -0.1) is 0 Å². The highest BCUT2D eigenvalue weighted by molar-refractivity contribution is 7.89. The number of aromatic nitrogens is 1. The molecule has 0 saturated carbocycles. The maximum absolute atomic E-state index is 13.6. The minimum Gasteiger partial charge on any atom is -0.491 e. The summed E-state index contributed by atoms with van der Waals surface area (Å²) in [6.07, 6.45) is 1.61. The first-order valence-corrected chi connectivity index (χ1v) is 10.1. The highest BCUT2D eigenvalue weighted by atomic mass is 32.2. The second-order valence-electron chi connectivity index (χ2n) is 6.41. The molecule has 0 aliphatic carbocycles. The Morgan fingerprint density at radius 1 is 1.15 bits per heavy atom. The van der Waals surface area contributed by atoms with E-state index in [1.807, 2.05) is 36.4 Å². The summed E-state index contributed by atoms with van der Waals surface area (Å²) in [6.45, 7) is 0.684. The van der Waals surface area contributed by atoms with Crippen molar-refractivity contribution in [1.29, 1.82) is 0 Å². The average molecular weight is 384 g/mol.